The Morgan fingerprint density at radius 3 is 3.11 bits per heavy atom. The number of hydrogen-bond donors (Lipinski definition) is 1. The second-order valence-electron chi connectivity index (χ2n) is 5.80. The highest BCUT2D eigenvalue weighted by atomic mass is 19.1. The maximum Gasteiger partial charge on any atom is 0.123 e. The van der Waals surface area contributed by atoms with E-state index in [2.05, 4.69) is 4.90 Å². The molecule has 98 valence electrons. The Balaban J connectivity index is 1.85. The molecule has 1 N–H and O–H groups in total. The molecular weight excluding hydrogens is 229 g/mol. The van der Waals surface area contributed by atoms with Gasteiger partial charge < -0.3 is 5.11 Å². The maximum absolute atomic E-state index is 13.3. The van der Waals surface area contributed by atoms with Crippen molar-refractivity contribution in [3.8, 4) is 0 Å². The molecule has 1 aromatic carbocycles. The number of rotatable bonds is 2. The van der Waals surface area contributed by atoms with Gasteiger partial charge in [-0.25, -0.2) is 4.39 Å². The fourth-order valence-corrected chi connectivity index (χ4v) is 3.57. The van der Waals surface area contributed by atoms with Crippen LogP contribution in [-0.4, -0.2) is 34.7 Å². The third kappa shape index (κ3) is 1.95. The number of aliphatic hydroxyl groups is 1. The molecule has 0 bridgehead atoms. The molecule has 2 fully saturated rings. The van der Waals surface area contributed by atoms with Crippen molar-refractivity contribution in [2.75, 3.05) is 13.1 Å². The lowest BCUT2D eigenvalue weighted by Crippen LogP contribution is -2.43. The Bertz CT molecular complexity index is 462. The quantitative estimate of drug-likeness (QED) is 0.869. The highest BCUT2D eigenvalue weighted by molar-refractivity contribution is 5.29. The van der Waals surface area contributed by atoms with E-state index in [0.29, 0.717) is 6.42 Å². The summed E-state index contributed by atoms with van der Waals surface area (Å²) >= 11 is 0. The van der Waals surface area contributed by atoms with Crippen LogP contribution in [0.3, 0.4) is 0 Å². The van der Waals surface area contributed by atoms with Crippen molar-refractivity contribution in [1.82, 2.24) is 4.90 Å². The van der Waals surface area contributed by atoms with Crippen LogP contribution in [0.5, 0.6) is 0 Å². The minimum absolute atomic E-state index is 0.208. The summed E-state index contributed by atoms with van der Waals surface area (Å²) in [6.07, 6.45) is 3.64. The summed E-state index contributed by atoms with van der Waals surface area (Å²) in [5, 5.41) is 10.9. The molecule has 18 heavy (non-hydrogen) atoms. The number of benzene rings is 1. The summed E-state index contributed by atoms with van der Waals surface area (Å²) < 4.78 is 13.3. The Morgan fingerprint density at radius 2 is 2.28 bits per heavy atom. The van der Waals surface area contributed by atoms with Gasteiger partial charge in [0, 0.05) is 19.0 Å². The monoisotopic (exact) mass is 249 g/mol. The third-order valence-electron chi connectivity index (χ3n) is 4.62. The van der Waals surface area contributed by atoms with E-state index in [4.69, 9.17) is 0 Å². The Hall–Kier alpha value is -0.930. The molecule has 0 saturated carbocycles. The molecule has 2 nitrogen and oxygen atoms in total. The molecule has 3 heteroatoms. The standard InChI is InChI=1S/C15H20FNO/c1-11-4-5-13(16)9-12(11)10-15(18)6-8-17-7-2-3-14(15)17/h4-5,9,14,18H,2-3,6-8,10H2,1H3. The summed E-state index contributed by atoms with van der Waals surface area (Å²) in [6, 6.07) is 5.14. The van der Waals surface area contributed by atoms with E-state index < -0.39 is 5.60 Å². The minimum Gasteiger partial charge on any atom is -0.388 e. The van der Waals surface area contributed by atoms with E-state index in [9.17, 15) is 9.50 Å². The number of fused-ring (bicyclic) bond motifs is 1. The topological polar surface area (TPSA) is 23.5 Å². The first kappa shape index (κ1) is 12.1. The van der Waals surface area contributed by atoms with Crippen LogP contribution in [-0.2, 0) is 6.42 Å². The summed E-state index contributed by atoms with van der Waals surface area (Å²) in [4.78, 5) is 2.38. The fourth-order valence-electron chi connectivity index (χ4n) is 3.57. The first-order valence-electron chi connectivity index (χ1n) is 6.80. The van der Waals surface area contributed by atoms with E-state index in [1.54, 1.807) is 12.1 Å². The van der Waals surface area contributed by atoms with Crippen LogP contribution in [0.25, 0.3) is 0 Å². The Morgan fingerprint density at radius 1 is 1.44 bits per heavy atom. The Kier molecular flexibility index (Phi) is 2.91. The summed E-state index contributed by atoms with van der Waals surface area (Å²) in [5.74, 6) is -0.208. The van der Waals surface area contributed by atoms with Gasteiger partial charge in [-0.2, -0.15) is 0 Å². The zero-order valence-electron chi connectivity index (χ0n) is 10.8. The van der Waals surface area contributed by atoms with Crippen LogP contribution in [0.4, 0.5) is 4.39 Å². The van der Waals surface area contributed by atoms with E-state index in [0.717, 1.165) is 37.1 Å². The molecule has 1 aromatic rings. The minimum atomic E-state index is -0.658. The lowest BCUT2D eigenvalue weighted by atomic mass is 9.85. The Labute approximate surface area is 107 Å². The van der Waals surface area contributed by atoms with Gasteiger partial charge in [-0.05, 0) is 56.0 Å². The molecule has 2 heterocycles. The van der Waals surface area contributed by atoms with Crippen LogP contribution < -0.4 is 0 Å². The molecular formula is C15H20FNO. The van der Waals surface area contributed by atoms with Gasteiger partial charge in [0.25, 0.3) is 0 Å². The van der Waals surface area contributed by atoms with Crippen molar-refractivity contribution in [1.29, 1.82) is 0 Å². The molecule has 0 aromatic heterocycles. The average Bonchev–Trinajstić information content (AvgIpc) is 2.89. The third-order valence-corrected chi connectivity index (χ3v) is 4.62. The molecule has 0 aliphatic carbocycles. The number of halogens is 1. The molecule has 2 aliphatic heterocycles. The summed E-state index contributed by atoms with van der Waals surface area (Å²) in [5.41, 5.74) is 1.36. The van der Waals surface area contributed by atoms with E-state index >= 15 is 0 Å². The maximum atomic E-state index is 13.3. The molecule has 2 atom stereocenters. The van der Waals surface area contributed by atoms with Crippen LogP contribution in [0, 0.1) is 12.7 Å². The smallest absolute Gasteiger partial charge is 0.123 e. The van der Waals surface area contributed by atoms with Gasteiger partial charge in [0.15, 0.2) is 0 Å². The zero-order valence-corrected chi connectivity index (χ0v) is 10.8. The molecule has 2 unspecified atom stereocenters. The van der Waals surface area contributed by atoms with Crippen molar-refractivity contribution in [2.45, 2.75) is 44.2 Å². The van der Waals surface area contributed by atoms with Crippen LogP contribution in [0.2, 0.25) is 0 Å². The first-order valence-corrected chi connectivity index (χ1v) is 6.80. The van der Waals surface area contributed by atoms with Crippen LogP contribution in [0.15, 0.2) is 18.2 Å². The highest BCUT2D eigenvalue weighted by Gasteiger charge is 2.47. The van der Waals surface area contributed by atoms with Gasteiger partial charge in [-0.15, -0.1) is 0 Å². The second kappa shape index (κ2) is 4.32. The predicted octanol–water partition coefficient (Wildman–Crippen LogP) is 2.28. The second-order valence-corrected chi connectivity index (χ2v) is 5.80. The van der Waals surface area contributed by atoms with Gasteiger partial charge in [0.05, 0.1) is 5.60 Å². The van der Waals surface area contributed by atoms with Gasteiger partial charge in [-0.3, -0.25) is 4.90 Å². The van der Waals surface area contributed by atoms with Crippen molar-refractivity contribution in [3.05, 3.63) is 35.1 Å². The summed E-state index contributed by atoms with van der Waals surface area (Å²) in [6.45, 7) is 4.07. The molecule has 0 spiro atoms. The highest BCUT2D eigenvalue weighted by Crippen LogP contribution is 2.38. The number of aryl methyl sites for hydroxylation is 1. The molecule has 2 aliphatic rings. The van der Waals surface area contributed by atoms with Gasteiger partial charge >= 0.3 is 0 Å². The molecule has 2 saturated heterocycles. The number of nitrogens with zero attached hydrogens (tertiary/aromatic N) is 1. The van der Waals surface area contributed by atoms with Crippen molar-refractivity contribution < 1.29 is 9.50 Å². The predicted molar refractivity (Wildman–Crippen MR) is 69.0 cm³/mol. The SMILES string of the molecule is Cc1ccc(F)cc1CC1(O)CCN2CCCC21. The van der Waals surface area contributed by atoms with E-state index in [1.165, 1.54) is 12.5 Å². The molecule has 0 radical (unpaired) electrons. The van der Waals surface area contributed by atoms with Crippen LogP contribution >= 0.6 is 0 Å². The molecule has 0 amide bonds. The number of hydrogen-bond acceptors (Lipinski definition) is 2. The average molecular weight is 249 g/mol. The van der Waals surface area contributed by atoms with Gasteiger partial charge in [0.2, 0.25) is 0 Å². The molecule has 3 rings (SSSR count). The largest absolute Gasteiger partial charge is 0.388 e. The van der Waals surface area contributed by atoms with E-state index in [1.807, 2.05) is 6.92 Å². The van der Waals surface area contributed by atoms with Crippen LogP contribution in [0.1, 0.15) is 30.4 Å². The van der Waals surface area contributed by atoms with Gasteiger partial charge in [-0.1, -0.05) is 6.07 Å². The summed E-state index contributed by atoms with van der Waals surface area (Å²) in [7, 11) is 0. The zero-order chi connectivity index (χ0) is 12.8. The van der Waals surface area contributed by atoms with Crippen molar-refractivity contribution in [2.24, 2.45) is 0 Å². The fraction of sp³-hybridized carbons (Fsp3) is 0.600. The normalized spacial score (nSPS) is 31.8. The lowest BCUT2D eigenvalue weighted by Gasteiger charge is -2.30. The van der Waals surface area contributed by atoms with E-state index in [-0.39, 0.29) is 11.9 Å². The van der Waals surface area contributed by atoms with Crippen molar-refractivity contribution >= 4 is 0 Å². The first-order chi connectivity index (χ1) is 8.58. The lowest BCUT2D eigenvalue weighted by molar-refractivity contribution is 0.0139. The van der Waals surface area contributed by atoms with Crippen molar-refractivity contribution in [3.63, 3.8) is 0 Å². The van der Waals surface area contributed by atoms with Gasteiger partial charge in [0.1, 0.15) is 5.82 Å².